The molecule has 0 radical (unpaired) electrons. The third-order valence-corrected chi connectivity index (χ3v) is 3.13. The second kappa shape index (κ2) is 13.8. The average Bonchev–Trinajstić information content (AvgIpc) is 2.24. The van der Waals surface area contributed by atoms with E-state index in [1.807, 2.05) is 0 Å². The van der Waals surface area contributed by atoms with Gasteiger partial charge in [0.25, 0.3) is 0 Å². The number of hydrogen-bond acceptors (Lipinski definition) is 5. The van der Waals surface area contributed by atoms with E-state index in [0.29, 0.717) is 6.42 Å². The smallest absolute Gasteiger partial charge is 0.780 e. The molecule has 0 aliphatic rings. The molecule has 19 heavy (non-hydrogen) atoms. The van der Waals surface area contributed by atoms with Gasteiger partial charge in [-0.05, 0) is 6.42 Å². The summed E-state index contributed by atoms with van der Waals surface area (Å²) in [6.45, 7) is 2.18. The monoisotopic (exact) mass is 318 g/mol. The zero-order valence-electron chi connectivity index (χ0n) is 11.8. The van der Waals surface area contributed by atoms with Crippen LogP contribution in [0.15, 0.2) is 0 Å². The molecule has 0 unspecified atom stereocenters. The van der Waals surface area contributed by atoms with Crippen molar-refractivity contribution in [2.24, 2.45) is 0 Å². The normalized spacial score (nSPS) is 10.9. The zero-order valence-corrected chi connectivity index (χ0v) is 14.9. The summed E-state index contributed by atoms with van der Waals surface area (Å²) in [5, 5.41) is 0. The Bertz CT molecular complexity index is 267. The van der Waals surface area contributed by atoms with Gasteiger partial charge < -0.3 is 18.9 Å². The van der Waals surface area contributed by atoms with Gasteiger partial charge >= 0.3 is 43.7 Å². The average molecular weight is 318 g/mol. The molecule has 0 aliphatic heterocycles. The van der Waals surface area contributed by atoms with Crippen molar-refractivity contribution in [3.8, 4) is 0 Å². The van der Waals surface area contributed by atoms with Crippen molar-refractivity contribution in [3.05, 3.63) is 0 Å². The van der Waals surface area contributed by atoms with Crippen molar-refractivity contribution in [3.63, 3.8) is 0 Å². The Balaban J connectivity index is 0. The van der Waals surface area contributed by atoms with Crippen molar-refractivity contribution in [1.82, 2.24) is 0 Å². The molecule has 0 fully saturated rings. The van der Waals surface area contributed by atoms with Gasteiger partial charge in [0.1, 0.15) is 7.82 Å². The first-order chi connectivity index (χ1) is 8.45. The van der Waals surface area contributed by atoms with Crippen LogP contribution in [0.25, 0.3) is 0 Å². The minimum atomic E-state index is -5.15. The minimum absolute atomic E-state index is 0. The van der Waals surface area contributed by atoms with Crippen molar-refractivity contribution in [2.75, 3.05) is 0 Å². The van der Waals surface area contributed by atoms with E-state index in [1.54, 1.807) is 0 Å². The fourth-order valence-corrected chi connectivity index (χ4v) is 2.09. The molecule has 0 spiro atoms. The van der Waals surface area contributed by atoms with E-state index in [1.165, 1.54) is 32.1 Å². The van der Waals surface area contributed by atoms with Gasteiger partial charge in [-0.3, -0.25) is 4.79 Å². The molecule has 7 heteroatoms. The van der Waals surface area contributed by atoms with Gasteiger partial charge in [0.2, 0.25) is 0 Å². The van der Waals surface area contributed by atoms with Gasteiger partial charge in [0.05, 0.1) is 0 Å². The van der Waals surface area contributed by atoms with E-state index in [4.69, 9.17) is 0 Å². The molecule has 5 nitrogen and oxygen atoms in total. The van der Waals surface area contributed by atoms with Crippen molar-refractivity contribution >= 4 is 51.5 Å². The van der Waals surface area contributed by atoms with E-state index in [9.17, 15) is 19.1 Å². The van der Waals surface area contributed by atoms with Crippen LogP contribution in [-0.2, 0) is 13.9 Å². The molecular weight excluding hydrogens is 295 g/mol. The van der Waals surface area contributed by atoms with Gasteiger partial charge in [-0.15, -0.1) is 0 Å². The van der Waals surface area contributed by atoms with Crippen molar-refractivity contribution < 1.29 is 23.7 Å². The molecule has 0 N–H and O–H groups in total. The van der Waals surface area contributed by atoms with Crippen LogP contribution in [0.1, 0.15) is 71.1 Å². The van der Waals surface area contributed by atoms with Crippen molar-refractivity contribution in [2.45, 2.75) is 71.1 Å². The van der Waals surface area contributed by atoms with Crippen LogP contribution in [0.2, 0.25) is 0 Å². The van der Waals surface area contributed by atoms with Gasteiger partial charge in [-0.2, -0.15) is 0 Å². The molecule has 0 bridgehead atoms. The van der Waals surface area contributed by atoms with Crippen molar-refractivity contribution in [1.29, 1.82) is 0 Å². The summed E-state index contributed by atoms with van der Waals surface area (Å²) in [6, 6.07) is 0. The molecule has 0 aromatic rings. The maximum Gasteiger partial charge on any atom is 2.00 e. The number of hydrogen-bond donors (Lipinski definition) is 0. The van der Waals surface area contributed by atoms with Crippen LogP contribution in [0, 0.1) is 0 Å². The van der Waals surface area contributed by atoms with Gasteiger partial charge in [-0.25, -0.2) is 0 Å². The van der Waals surface area contributed by atoms with Crippen LogP contribution in [0.3, 0.4) is 0 Å². The summed E-state index contributed by atoms with van der Waals surface area (Å²) in [7, 11) is -5.15. The molecule has 0 aliphatic carbocycles. The zero-order chi connectivity index (χ0) is 13.9. The molecule has 0 saturated carbocycles. The predicted octanol–water partition coefficient (Wildman–Crippen LogP) is 1.90. The number of phosphoric ester groups is 1. The third-order valence-electron chi connectivity index (χ3n) is 2.70. The summed E-state index contributed by atoms with van der Waals surface area (Å²) in [6.07, 6.45) is 9.90. The Morgan fingerprint density at radius 1 is 0.947 bits per heavy atom. The number of unbranched alkanes of at least 4 members (excludes halogenated alkanes) is 8. The Labute approximate surface area is 145 Å². The summed E-state index contributed by atoms with van der Waals surface area (Å²) < 4.78 is 13.8. The Morgan fingerprint density at radius 3 is 1.79 bits per heavy atom. The molecule has 0 amide bonds. The molecule has 0 atom stereocenters. The standard InChI is InChI=1S/C12H25O5P.Ca/c1-2-3-4-5-6-7-8-9-10-11-12(13)17-18(14,15)16;/h2-11H2,1H3,(H2,14,15,16);/q;+2/p-2. The van der Waals surface area contributed by atoms with Crippen LogP contribution in [0.4, 0.5) is 0 Å². The third kappa shape index (κ3) is 18.9. The van der Waals surface area contributed by atoms with Crippen LogP contribution < -0.4 is 9.79 Å². The van der Waals surface area contributed by atoms with Gasteiger partial charge in [0, 0.05) is 6.42 Å². The predicted molar refractivity (Wildman–Crippen MR) is 71.3 cm³/mol. The molecular formula is C12H23CaO5P. The first-order valence-corrected chi connectivity index (χ1v) is 8.16. The Kier molecular flexibility index (Phi) is 16.2. The van der Waals surface area contributed by atoms with E-state index in [-0.39, 0.29) is 44.2 Å². The van der Waals surface area contributed by atoms with Crippen LogP contribution >= 0.6 is 7.82 Å². The fraction of sp³-hybridized carbons (Fsp3) is 0.917. The van der Waals surface area contributed by atoms with E-state index in [0.717, 1.165) is 19.3 Å². The van der Waals surface area contributed by atoms with Crippen LogP contribution in [-0.4, -0.2) is 43.7 Å². The molecule has 0 aromatic carbocycles. The first-order valence-electron chi connectivity index (χ1n) is 6.70. The number of carbonyl (C=O) groups excluding carboxylic acids is 1. The topological polar surface area (TPSA) is 89.5 Å². The SMILES string of the molecule is CCCCCCCCCCCC(=O)OP(=O)([O-])[O-].[Ca+2]. The Hall–Kier alpha value is 0.880. The largest absolute Gasteiger partial charge is 2.00 e. The molecule has 0 saturated heterocycles. The first kappa shape index (κ1) is 22.2. The van der Waals surface area contributed by atoms with Crippen LogP contribution in [0.5, 0.6) is 0 Å². The second-order valence-corrected chi connectivity index (χ2v) is 5.57. The minimum Gasteiger partial charge on any atom is -0.780 e. The van der Waals surface area contributed by atoms with E-state index in [2.05, 4.69) is 11.4 Å². The number of phosphoric acid groups is 1. The number of rotatable bonds is 11. The summed E-state index contributed by atoms with van der Waals surface area (Å²) in [4.78, 5) is 31.1. The summed E-state index contributed by atoms with van der Waals surface area (Å²) in [5.74, 6) is -0.939. The van der Waals surface area contributed by atoms with Gasteiger partial charge in [-0.1, -0.05) is 58.3 Å². The van der Waals surface area contributed by atoms with Gasteiger partial charge in [0.15, 0.2) is 0 Å². The fourth-order valence-electron chi connectivity index (χ4n) is 1.75. The quantitative estimate of drug-likeness (QED) is 0.330. The summed E-state index contributed by atoms with van der Waals surface area (Å²) in [5.41, 5.74) is 0. The molecule has 0 aromatic heterocycles. The number of carbonyl (C=O) groups is 1. The molecule has 108 valence electrons. The van der Waals surface area contributed by atoms with E-state index < -0.39 is 13.8 Å². The maximum atomic E-state index is 10.9. The molecule has 0 heterocycles. The summed E-state index contributed by atoms with van der Waals surface area (Å²) >= 11 is 0. The van der Waals surface area contributed by atoms with E-state index >= 15 is 0 Å². The molecule has 0 rings (SSSR count). The second-order valence-electron chi connectivity index (χ2n) is 4.49. The Morgan fingerprint density at radius 2 is 1.37 bits per heavy atom. The maximum absolute atomic E-state index is 10.9.